The maximum absolute atomic E-state index is 12.5. The predicted molar refractivity (Wildman–Crippen MR) is 89.3 cm³/mol. The summed E-state index contributed by atoms with van der Waals surface area (Å²) in [5.41, 5.74) is 5.60. The van der Waals surface area contributed by atoms with Gasteiger partial charge in [0.2, 0.25) is 5.91 Å². The van der Waals surface area contributed by atoms with Crippen LogP contribution >= 0.6 is 11.8 Å². The third-order valence-corrected chi connectivity index (χ3v) is 5.52. The van der Waals surface area contributed by atoms with E-state index >= 15 is 0 Å². The molecule has 1 aliphatic carbocycles. The number of carbonyl (C=O) groups excluding carboxylic acids is 1. The molecule has 0 spiro atoms. The van der Waals surface area contributed by atoms with Crippen LogP contribution in [0.4, 0.5) is 0 Å². The van der Waals surface area contributed by atoms with Gasteiger partial charge in [0.25, 0.3) is 0 Å². The number of nitrogens with two attached hydrogens (primary N) is 1. The molecule has 1 amide bonds. The van der Waals surface area contributed by atoms with E-state index in [4.69, 9.17) is 5.73 Å². The maximum Gasteiger partial charge on any atom is 0.227 e. The highest BCUT2D eigenvalue weighted by Crippen LogP contribution is 2.38. The minimum absolute atomic E-state index is 0.158. The number of benzene rings is 1. The fourth-order valence-corrected chi connectivity index (χ4v) is 3.67. The number of hydrogen-bond acceptors (Lipinski definition) is 3. The van der Waals surface area contributed by atoms with E-state index in [0.717, 1.165) is 37.4 Å². The number of hydrogen-bond donors (Lipinski definition) is 2. The molecular formula is C17H26N2OS. The second-order valence-corrected chi connectivity index (χ2v) is 7.25. The molecule has 0 heterocycles. The first kappa shape index (κ1) is 16.4. The average molecular weight is 306 g/mol. The molecule has 0 radical (unpaired) electrons. The van der Waals surface area contributed by atoms with Crippen molar-refractivity contribution in [2.75, 3.05) is 18.8 Å². The minimum Gasteiger partial charge on any atom is -0.355 e. The molecule has 0 aromatic heterocycles. The molecule has 1 saturated carbocycles. The fraction of sp³-hybridized carbons (Fsp3) is 0.588. The lowest BCUT2D eigenvalue weighted by molar-refractivity contribution is -0.132. The lowest BCUT2D eigenvalue weighted by Gasteiger charge is -2.37. The van der Waals surface area contributed by atoms with Crippen molar-refractivity contribution in [2.24, 2.45) is 17.1 Å². The van der Waals surface area contributed by atoms with Gasteiger partial charge in [-0.1, -0.05) is 25.1 Å². The van der Waals surface area contributed by atoms with Gasteiger partial charge in [-0.15, -0.1) is 11.8 Å². The van der Waals surface area contributed by atoms with Crippen LogP contribution in [0.15, 0.2) is 35.2 Å². The van der Waals surface area contributed by atoms with E-state index in [9.17, 15) is 4.79 Å². The summed E-state index contributed by atoms with van der Waals surface area (Å²) >= 11 is 1.77. The molecule has 4 heteroatoms. The van der Waals surface area contributed by atoms with Crippen molar-refractivity contribution in [2.45, 2.75) is 37.5 Å². The summed E-state index contributed by atoms with van der Waals surface area (Å²) in [5, 5.41) is 3.09. The molecule has 1 fully saturated rings. The maximum atomic E-state index is 12.5. The lowest BCUT2D eigenvalue weighted by atomic mass is 9.70. The first-order valence-electron chi connectivity index (χ1n) is 7.82. The Morgan fingerprint density at radius 3 is 2.62 bits per heavy atom. The number of nitrogens with one attached hydrogen (secondary N) is 1. The van der Waals surface area contributed by atoms with Gasteiger partial charge in [-0.05, 0) is 43.7 Å². The molecule has 0 aliphatic heterocycles. The smallest absolute Gasteiger partial charge is 0.227 e. The molecular weight excluding hydrogens is 280 g/mol. The van der Waals surface area contributed by atoms with Crippen molar-refractivity contribution < 1.29 is 4.79 Å². The zero-order valence-electron chi connectivity index (χ0n) is 12.8. The Balaban J connectivity index is 1.75. The summed E-state index contributed by atoms with van der Waals surface area (Å²) in [7, 11) is 0. The van der Waals surface area contributed by atoms with Gasteiger partial charge >= 0.3 is 0 Å². The molecule has 3 N–H and O–H groups in total. The number of thioether (sulfide) groups is 1. The second kappa shape index (κ2) is 7.85. The Labute approximate surface area is 132 Å². The van der Waals surface area contributed by atoms with Crippen molar-refractivity contribution in [3.8, 4) is 0 Å². The average Bonchev–Trinajstić information content (AvgIpc) is 2.53. The molecule has 2 rings (SSSR count). The van der Waals surface area contributed by atoms with Gasteiger partial charge in [-0.25, -0.2) is 0 Å². The van der Waals surface area contributed by atoms with Gasteiger partial charge < -0.3 is 11.1 Å². The van der Waals surface area contributed by atoms with Crippen LogP contribution in [0.3, 0.4) is 0 Å². The van der Waals surface area contributed by atoms with Crippen LogP contribution < -0.4 is 11.1 Å². The molecule has 116 valence electrons. The van der Waals surface area contributed by atoms with Crippen LogP contribution in [-0.2, 0) is 4.79 Å². The van der Waals surface area contributed by atoms with E-state index in [1.807, 2.05) is 18.2 Å². The summed E-state index contributed by atoms with van der Waals surface area (Å²) in [4.78, 5) is 13.7. The van der Waals surface area contributed by atoms with E-state index < -0.39 is 0 Å². The van der Waals surface area contributed by atoms with Crippen molar-refractivity contribution in [1.29, 1.82) is 0 Å². The third-order valence-electron chi connectivity index (χ3n) is 4.50. The van der Waals surface area contributed by atoms with Crippen molar-refractivity contribution in [3.63, 3.8) is 0 Å². The van der Waals surface area contributed by atoms with Gasteiger partial charge in [-0.2, -0.15) is 0 Å². The number of rotatable bonds is 6. The summed E-state index contributed by atoms with van der Waals surface area (Å²) in [6.45, 7) is 3.43. The van der Waals surface area contributed by atoms with E-state index in [1.54, 1.807) is 11.8 Å². The zero-order chi connectivity index (χ0) is 15.1. The summed E-state index contributed by atoms with van der Waals surface area (Å²) in [5.74, 6) is 1.78. The molecule has 21 heavy (non-hydrogen) atoms. The van der Waals surface area contributed by atoms with Crippen LogP contribution in [-0.4, -0.2) is 24.7 Å². The predicted octanol–water partition coefficient (Wildman–Crippen LogP) is 3.05. The third kappa shape index (κ3) is 4.48. The monoisotopic (exact) mass is 306 g/mol. The van der Waals surface area contributed by atoms with Gasteiger partial charge in [0, 0.05) is 23.7 Å². The molecule has 0 atom stereocenters. The van der Waals surface area contributed by atoms with Crippen LogP contribution in [0.1, 0.15) is 32.6 Å². The first-order chi connectivity index (χ1) is 10.2. The quantitative estimate of drug-likeness (QED) is 0.627. The normalized spacial score (nSPS) is 25.5. The van der Waals surface area contributed by atoms with Crippen LogP contribution in [0.25, 0.3) is 0 Å². The zero-order valence-corrected chi connectivity index (χ0v) is 13.6. The summed E-state index contributed by atoms with van der Waals surface area (Å²) in [6, 6.07) is 10.3. The van der Waals surface area contributed by atoms with Crippen LogP contribution in [0.5, 0.6) is 0 Å². The SMILES string of the molecule is CC1CCC(CN)(C(=O)NCCSc2ccccc2)CC1. The van der Waals surface area contributed by atoms with E-state index in [0.29, 0.717) is 13.1 Å². The van der Waals surface area contributed by atoms with Gasteiger partial charge in [0.05, 0.1) is 5.41 Å². The van der Waals surface area contributed by atoms with E-state index in [-0.39, 0.29) is 11.3 Å². The Kier molecular flexibility index (Phi) is 6.12. The molecule has 1 aromatic carbocycles. The minimum atomic E-state index is -0.316. The molecule has 3 nitrogen and oxygen atoms in total. The summed E-state index contributed by atoms with van der Waals surface area (Å²) in [6.07, 6.45) is 4.09. The molecule has 0 saturated heterocycles. The van der Waals surface area contributed by atoms with Crippen molar-refractivity contribution in [1.82, 2.24) is 5.32 Å². The Morgan fingerprint density at radius 1 is 1.33 bits per heavy atom. The fourth-order valence-electron chi connectivity index (χ4n) is 2.88. The molecule has 1 aliphatic rings. The molecule has 1 aromatic rings. The van der Waals surface area contributed by atoms with Crippen LogP contribution in [0, 0.1) is 11.3 Å². The number of carbonyl (C=O) groups is 1. The highest BCUT2D eigenvalue weighted by Gasteiger charge is 2.39. The van der Waals surface area contributed by atoms with Gasteiger partial charge in [0.1, 0.15) is 0 Å². The standard InChI is InChI=1S/C17H26N2OS/c1-14-7-9-17(13-18,10-8-14)16(20)19-11-12-21-15-5-3-2-4-6-15/h2-6,14H,7-13,18H2,1H3,(H,19,20). The molecule has 0 bridgehead atoms. The second-order valence-electron chi connectivity index (χ2n) is 6.08. The lowest BCUT2D eigenvalue weighted by Crippen LogP contribution is -2.48. The largest absolute Gasteiger partial charge is 0.355 e. The van der Waals surface area contributed by atoms with Gasteiger partial charge in [0.15, 0.2) is 0 Å². The molecule has 0 unspecified atom stereocenters. The van der Waals surface area contributed by atoms with E-state index in [2.05, 4.69) is 24.4 Å². The topological polar surface area (TPSA) is 55.1 Å². The van der Waals surface area contributed by atoms with Crippen molar-refractivity contribution >= 4 is 17.7 Å². The van der Waals surface area contributed by atoms with E-state index in [1.165, 1.54) is 4.90 Å². The van der Waals surface area contributed by atoms with Gasteiger partial charge in [-0.3, -0.25) is 4.79 Å². The highest BCUT2D eigenvalue weighted by atomic mass is 32.2. The first-order valence-corrected chi connectivity index (χ1v) is 8.81. The highest BCUT2D eigenvalue weighted by molar-refractivity contribution is 7.99. The number of amides is 1. The Hall–Kier alpha value is -1.00. The van der Waals surface area contributed by atoms with Crippen LogP contribution in [0.2, 0.25) is 0 Å². The summed E-state index contributed by atoms with van der Waals surface area (Å²) < 4.78 is 0. The Morgan fingerprint density at radius 2 is 2.00 bits per heavy atom. The van der Waals surface area contributed by atoms with Crippen molar-refractivity contribution in [3.05, 3.63) is 30.3 Å². The Bertz CT molecular complexity index is 441.